The Bertz CT molecular complexity index is 698. The van der Waals surface area contributed by atoms with Gasteiger partial charge in [-0.1, -0.05) is 85.4 Å². The summed E-state index contributed by atoms with van der Waals surface area (Å²) in [5, 5.41) is 0. The number of fused-ring (bicyclic) bond motifs is 1. The molecule has 2 aliphatic heterocycles. The molecule has 1 saturated heterocycles. The third-order valence-electron chi connectivity index (χ3n) is 6.34. The average Bonchev–Trinajstić information content (AvgIpc) is 2.90. The Morgan fingerprint density at radius 1 is 1.15 bits per heavy atom. The third-order valence-corrected chi connectivity index (χ3v) is 6.34. The van der Waals surface area contributed by atoms with Crippen molar-refractivity contribution in [2.75, 3.05) is 19.6 Å². The molecular weight excluding hydrogens is 416 g/mol. The molecule has 0 radical (unpaired) electrons. The molecular formula is C31H54N2O. The van der Waals surface area contributed by atoms with Gasteiger partial charge in [0.05, 0.1) is 0 Å². The lowest BCUT2D eigenvalue weighted by molar-refractivity contribution is -0.134. The van der Waals surface area contributed by atoms with Gasteiger partial charge in [-0.25, -0.2) is 0 Å². The Balaban J connectivity index is 0.00000168. The topological polar surface area (TPSA) is 23.6 Å². The van der Waals surface area contributed by atoms with Crippen LogP contribution in [-0.4, -0.2) is 41.4 Å². The zero-order valence-corrected chi connectivity index (χ0v) is 23.7. The average molecular weight is 471 g/mol. The number of piperidine rings is 1. The second-order valence-corrected chi connectivity index (χ2v) is 8.29. The molecule has 3 rings (SSSR count). The summed E-state index contributed by atoms with van der Waals surface area (Å²) in [6.07, 6.45) is 19.9. The number of rotatable bonds is 7. The molecule has 1 amide bonds. The van der Waals surface area contributed by atoms with E-state index in [4.69, 9.17) is 0 Å². The standard InChI is InChI=1S/C25H36N2O.3C2H6/c1-4-7-11-20(6-3)14-16-26-17-15-24-22(19-26)18-21-12-8-9-13-23(21)27(24)25(28)10-5-2;3*1-2/h4,6-7,9,11,13,22,24H,3,5,8,10,12,14-19H2,1-2H3;3*1-2H3/b7-4-,20-11+;;;. The molecule has 0 saturated carbocycles. The molecule has 0 aromatic carbocycles. The van der Waals surface area contributed by atoms with Crippen LogP contribution in [0, 0.1) is 5.92 Å². The monoisotopic (exact) mass is 470 g/mol. The quantitative estimate of drug-likeness (QED) is 0.348. The second-order valence-electron chi connectivity index (χ2n) is 8.29. The van der Waals surface area contributed by atoms with E-state index in [1.165, 1.54) is 23.3 Å². The highest BCUT2D eigenvalue weighted by Crippen LogP contribution is 2.40. The minimum atomic E-state index is 0.327. The third kappa shape index (κ3) is 9.41. The molecule has 0 aromatic rings. The largest absolute Gasteiger partial charge is 0.309 e. The number of likely N-dealkylation sites (tertiary alicyclic amines) is 1. The molecule has 34 heavy (non-hydrogen) atoms. The maximum absolute atomic E-state index is 13.0. The van der Waals surface area contributed by atoms with Crippen molar-refractivity contribution >= 4 is 5.91 Å². The van der Waals surface area contributed by atoms with E-state index in [0.717, 1.165) is 51.7 Å². The summed E-state index contributed by atoms with van der Waals surface area (Å²) in [6.45, 7) is 23.4. The summed E-state index contributed by atoms with van der Waals surface area (Å²) in [5.74, 6) is 0.902. The maximum atomic E-state index is 13.0. The van der Waals surface area contributed by atoms with Crippen molar-refractivity contribution in [3.8, 4) is 0 Å². The van der Waals surface area contributed by atoms with Crippen LogP contribution in [0.5, 0.6) is 0 Å². The number of carbonyl (C=O) groups is 1. The van der Waals surface area contributed by atoms with Crippen molar-refractivity contribution in [1.82, 2.24) is 9.80 Å². The first-order valence-corrected chi connectivity index (χ1v) is 14.0. The molecule has 3 aliphatic rings. The lowest BCUT2D eigenvalue weighted by Crippen LogP contribution is -2.55. The van der Waals surface area contributed by atoms with Gasteiger partial charge in [-0.15, -0.1) is 0 Å². The maximum Gasteiger partial charge on any atom is 0.227 e. The van der Waals surface area contributed by atoms with E-state index in [9.17, 15) is 4.79 Å². The SMILES string of the molecule is C=C/C(=C\C=C/C)CCN1CCC2C(CC3=C(C=CCC3)N2C(=O)CCC)C1.CC.CC.CC. The van der Waals surface area contributed by atoms with Crippen LogP contribution >= 0.6 is 0 Å². The summed E-state index contributed by atoms with van der Waals surface area (Å²) in [5.41, 5.74) is 4.04. The van der Waals surface area contributed by atoms with Crippen molar-refractivity contribution in [3.05, 3.63) is 59.9 Å². The number of nitrogens with zero attached hydrogens (tertiary/aromatic N) is 2. The Labute approximate surface area is 212 Å². The van der Waals surface area contributed by atoms with E-state index in [0.29, 0.717) is 24.3 Å². The van der Waals surface area contributed by atoms with Crippen molar-refractivity contribution in [2.24, 2.45) is 5.92 Å². The van der Waals surface area contributed by atoms with Gasteiger partial charge in [0, 0.05) is 37.8 Å². The van der Waals surface area contributed by atoms with Gasteiger partial charge < -0.3 is 9.80 Å². The lowest BCUT2D eigenvalue weighted by Gasteiger charge is -2.49. The van der Waals surface area contributed by atoms with Gasteiger partial charge in [-0.3, -0.25) is 4.79 Å². The second kappa shape index (κ2) is 19.4. The Kier molecular flexibility index (Phi) is 18.4. The van der Waals surface area contributed by atoms with Crippen molar-refractivity contribution < 1.29 is 4.79 Å². The molecule has 1 fully saturated rings. The first-order valence-electron chi connectivity index (χ1n) is 14.0. The zero-order chi connectivity index (χ0) is 25.9. The normalized spacial score (nSPS) is 21.8. The summed E-state index contributed by atoms with van der Waals surface area (Å²) >= 11 is 0. The van der Waals surface area contributed by atoms with Gasteiger partial charge in [0.15, 0.2) is 0 Å². The van der Waals surface area contributed by atoms with Gasteiger partial charge >= 0.3 is 0 Å². The van der Waals surface area contributed by atoms with Gasteiger partial charge in [-0.2, -0.15) is 0 Å². The van der Waals surface area contributed by atoms with Crippen LogP contribution in [0.1, 0.15) is 100 Å². The molecule has 2 atom stereocenters. The molecule has 2 unspecified atom stereocenters. The zero-order valence-electron chi connectivity index (χ0n) is 23.7. The van der Waals surface area contributed by atoms with E-state index in [1.54, 1.807) is 0 Å². The number of hydrogen-bond acceptors (Lipinski definition) is 2. The number of carbonyl (C=O) groups excluding carboxylic acids is 1. The predicted octanol–water partition coefficient (Wildman–Crippen LogP) is 8.47. The fraction of sp³-hybridized carbons (Fsp3) is 0.645. The first-order chi connectivity index (χ1) is 16.7. The molecule has 3 nitrogen and oxygen atoms in total. The van der Waals surface area contributed by atoms with Crippen molar-refractivity contribution in [1.29, 1.82) is 0 Å². The van der Waals surface area contributed by atoms with Gasteiger partial charge in [0.25, 0.3) is 0 Å². The Hall–Kier alpha value is -1.87. The fourth-order valence-electron chi connectivity index (χ4n) is 4.90. The smallest absolute Gasteiger partial charge is 0.227 e. The minimum absolute atomic E-state index is 0.327. The fourth-order valence-corrected chi connectivity index (χ4v) is 4.90. The molecule has 1 aliphatic carbocycles. The van der Waals surface area contributed by atoms with Crippen molar-refractivity contribution in [3.63, 3.8) is 0 Å². The van der Waals surface area contributed by atoms with Gasteiger partial charge in [0.2, 0.25) is 5.91 Å². The summed E-state index contributed by atoms with van der Waals surface area (Å²) < 4.78 is 0. The van der Waals surface area contributed by atoms with E-state index < -0.39 is 0 Å². The Morgan fingerprint density at radius 2 is 1.85 bits per heavy atom. The molecule has 0 aromatic heterocycles. The molecule has 0 N–H and O–H groups in total. The highest BCUT2D eigenvalue weighted by Gasteiger charge is 2.41. The number of amides is 1. The lowest BCUT2D eigenvalue weighted by atomic mass is 9.78. The molecule has 0 bridgehead atoms. The van der Waals surface area contributed by atoms with Crippen LogP contribution in [-0.2, 0) is 4.79 Å². The highest BCUT2D eigenvalue weighted by atomic mass is 16.2. The summed E-state index contributed by atoms with van der Waals surface area (Å²) in [4.78, 5) is 17.8. The predicted molar refractivity (Wildman–Crippen MR) is 152 cm³/mol. The van der Waals surface area contributed by atoms with Crippen LogP contribution < -0.4 is 0 Å². The molecule has 3 heteroatoms. The van der Waals surface area contributed by atoms with Gasteiger partial charge in [0.1, 0.15) is 0 Å². The number of hydrogen-bond donors (Lipinski definition) is 0. The van der Waals surface area contributed by atoms with Crippen molar-refractivity contribution in [2.45, 2.75) is 106 Å². The van der Waals surface area contributed by atoms with Crippen LogP contribution in [0.2, 0.25) is 0 Å². The first kappa shape index (κ1) is 32.1. The summed E-state index contributed by atoms with van der Waals surface area (Å²) in [7, 11) is 0. The van der Waals surface area contributed by atoms with Crippen LogP contribution in [0.4, 0.5) is 0 Å². The molecule has 194 valence electrons. The minimum Gasteiger partial charge on any atom is -0.309 e. The van der Waals surface area contributed by atoms with E-state index >= 15 is 0 Å². The van der Waals surface area contributed by atoms with E-state index in [1.807, 2.05) is 54.5 Å². The van der Waals surface area contributed by atoms with Crippen LogP contribution in [0.15, 0.2) is 59.9 Å². The summed E-state index contributed by atoms with van der Waals surface area (Å²) in [6, 6.07) is 0.384. The van der Waals surface area contributed by atoms with Crippen LogP contribution in [0.3, 0.4) is 0 Å². The van der Waals surface area contributed by atoms with Gasteiger partial charge in [-0.05, 0) is 68.6 Å². The van der Waals surface area contributed by atoms with E-state index in [2.05, 4.69) is 53.7 Å². The van der Waals surface area contributed by atoms with Crippen LogP contribution in [0.25, 0.3) is 0 Å². The van der Waals surface area contributed by atoms with E-state index in [-0.39, 0.29) is 0 Å². The molecule has 2 heterocycles. The molecule has 0 spiro atoms. The number of allylic oxidation sites excluding steroid dienone is 7. The Morgan fingerprint density at radius 3 is 2.47 bits per heavy atom. The highest BCUT2D eigenvalue weighted by molar-refractivity contribution is 5.79.